The van der Waals surface area contributed by atoms with E-state index in [9.17, 15) is 4.39 Å². The van der Waals surface area contributed by atoms with Gasteiger partial charge in [0.2, 0.25) is 11.7 Å². The Labute approximate surface area is 201 Å². The van der Waals surface area contributed by atoms with Crippen molar-refractivity contribution in [1.29, 1.82) is 0 Å². The number of hydrogen-bond acceptors (Lipinski definition) is 7. The fourth-order valence-corrected chi connectivity index (χ4v) is 4.92. The lowest BCUT2D eigenvalue weighted by molar-refractivity contribution is 0.143. The number of aromatic nitrogens is 6. The molecule has 1 aliphatic carbocycles. The standard InChI is InChI=1S/C24H24FN7OS/c25-19-7-1-4-16(12-19)21-27-23(33-29-21)18-6-3-11-30(14-18)15-31-24(34)32(20-8-9-20)22(28-31)17-5-2-10-26-13-17/h1-2,4-5,7,10,12-13,18,20H,3,6,8-9,11,14-15H2. The van der Waals surface area contributed by atoms with E-state index >= 15 is 0 Å². The number of nitrogens with zero attached hydrogens (tertiary/aromatic N) is 7. The molecule has 4 aromatic rings. The van der Waals surface area contributed by atoms with Crippen molar-refractivity contribution in [2.75, 3.05) is 13.1 Å². The second-order valence-electron chi connectivity index (χ2n) is 8.97. The molecular formula is C24H24FN7OS. The zero-order valence-corrected chi connectivity index (χ0v) is 19.4. The normalized spacial score (nSPS) is 18.9. The number of rotatable bonds is 6. The first-order valence-electron chi connectivity index (χ1n) is 11.6. The summed E-state index contributed by atoms with van der Waals surface area (Å²) in [5.41, 5.74) is 1.59. The van der Waals surface area contributed by atoms with Crippen LogP contribution in [0.25, 0.3) is 22.8 Å². The van der Waals surface area contributed by atoms with Crippen LogP contribution < -0.4 is 0 Å². The van der Waals surface area contributed by atoms with Crippen LogP contribution in [0.4, 0.5) is 4.39 Å². The number of piperidine rings is 1. The van der Waals surface area contributed by atoms with Crippen LogP contribution in [0, 0.1) is 10.6 Å². The summed E-state index contributed by atoms with van der Waals surface area (Å²) in [5.74, 6) is 1.68. The zero-order valence-electron chi connectivity index (χ0n) is 18.5. The van der Waals surface area contributed by atoms with Crippen molar-refractivity contribution in [3.8, 4) is 22.8 Å². The highest BCUT2D eigenvalue weighted by molar-refractivity contribution is 7.71. The van der Waals surface area contributed by atoms with Gasteiger partial charge in [-0.1, -0.05) is 17.3 Å². The summed E-state index contributed by atoms with van der Waals surface area (Å²) < 4.78 is 24.0. The van der Waals surface area contributed by atoms with Crippen molar-refractivity contribution < 1.29 is 8.91 Å². The first kappa shape index (κ1) is 21.3. The predicted octanol–water partition coefficient (Wildman–Crippen LogP) is 4.84. The molecule has 0 N–H and O–H groups in total. The minimum atomic E-state index is -0.319. The largest absolute Gasteiger partial charge is 0.339 e. The Morgan fingerprint density at radius 2 is 2.00 bits per heavy atom. The maximum Gasteiger partial charge on any atom is 0.231 e. The average Bonchev–Trinajstić information content (AvgIpc) is 3.47. The van der Waals surface area contributed by atoms with Crippen molar-refractivity contribution in [1.82, 2.24) is 34.4 Å². The van der Waals surface area contributed by atoms with Gasteiger partial charge in [0.1, 0.15) is 5.82 Å². The molecule has 2 fully saturated rings. The van der Waals surface area contributed by atoms with E-state index in [0.717, 1.165) is 54.9 Å². The molecule has 2 aliphatic rings. The van der Waals surface area contributed by atoms with E-state index < -0.39 is 0 Å². The van der Waals surface area contributed by atoms with Gasteiger partial charge in [-0.3, -0.25) is 14.5 Å². The molecule has 34 heavy (non-hydrogen) atoms. The van der Waals surface area contributed by atoms with Crippen LogP contribution in [0.3, 0.4) is 0 Å². The van der Waals surface area contributed by atoms with Crippen molar-refractivity contribution in [2.24, 2.45) is 0 Å². The van der Waals surface area contributed by atoms with Gasteiger partial charge in [-0.2, -0.15) is 10.1 Å². The molecule has 1 atom stereocenters. The minimum Gasteiger partial charge on any atom is -0.339 e. The van der Waals surface area contributed by atoms with Gasteiger partial charge in [-0.05, 0) is 68.7 Å². The third-order valence-corrected chi connectivity index (χ3v) is 6.82. The topological polar surface area (TPSA) is 77.8 Å². The lowest BCUT2D eigenvalue weighted by Gasteiger charge is -2.30. The maximum atomic E-state index is 13.6. The second kappa shape index (κ2) is 8.84. The second-order valence-corrected chi connectivity index (χ2v) is 9.34. The van der Waals surface area contributed by atoms with Gasteiger partial charge < -0.3 is 4.52 Å². The number of hydrogen-bond donors (Lipinski definition) is 0. The van der Waals surface area contributed by atoms with Crippen LogP contribution in [0.1, 0.15) is 43.5 Å². The molecule has 0 amide bonds. The van der Waals surface area contributed by atoms with Gasteiger partial charge in [0.25, 0.3) is 0 Å². The first-order valence-corrected chi connectivity index (χ1v) is 12.0. The summed E-state index contributed by atoms with van der Waals surface area (Å²) in [6.07, 6.45) is 7.83. The molecule has 1 aromatic carbocycles. The zero-order chi connectivity index (χ0) is 23.1. The molecule has 0 bridgehead atoms. The van der Waals surface area contributed by atoms with E-state index in [0.29, 0.717) is 30.0 Å². The third-order valence-electron chi connectivity index (χ3n) is 6.42. The first-order chi connectivity index (χ1) is 16.7. The summed E-state index contributed by atoms with van der Waals surface area (Å²) in [4.78, 5) is 11.2. The molecule has 1 saturated carbocycles. The highest BCUT2D eigenvalue weighted by Gasteiger charge is 2.31. The van der Waals surface area contributed by atoms with Gasteiger partial charge in [-0.25, -0.2) is 9.07 Å². The smallest absolute Gasteiger partial charge is 0.231 e. The third kappa shape index (κ3) is 4.19. The van der Waals surface area contributed by atoms with Gasteiger partial charge in [0.05, 0.1) is 12.6 Å². The lowest BCUT2D eigenvalue weighted by Crippen LogP contribution is -2.36. The van der Waals surface area contributed by atoms with E-state index in [4.69, 9.17) is 21.8 Å². The Morgan fingerprint density at radius 1 is 1.12 bits per heavy atom. The van der Waals surface area contributed by atoms with E-state index in [2.05, 4.69) is 24.6 Å². The number of pyridine rings is 1. The van der Waals surface area contributed by atoms with Gasteiger partial charge in [0, 0.05) is 36.1 Å². The van der Waals surface area contributed by atoms with Crippen molar-refractivity contribution in [3.05, 3.63) is 65.3 Å². The fourth-order valence-electron chi connectivity index (χ4n) is 4.59. The summed E-state index contributed by atoms with van der Waals surface area (Å²) >= 11 is 5.83. The molecule has 174 valence electrons. The van der Waals surface area contributed by atoms with E-state index in [1.807, 2.05) is 23.0 Å². The Kier molecular flexibility index (Phi) is 5.54. The molecule has 1 saturated heterocycles. The molecular weight excluding hydrogens is 453 g/mol. The van der Waals surface area contributed by atoms with Crippen molar-refractivity contribution in [2.45, 2.75) is 44.3 Å². The Balaban J connectivity index is 1.21. The quantitative estimate of drug-likeness (QED) is 0.368. The molecule has 6 rings (SSSR count). The van der Waals surface area contributed by atoms with E-state index in [-0.39, 0.29) is 11.7 Å². The molecule has 4 heterocycles. The van der Waals surface area contributed by atoms with Crippen LogP contribution in [0.2, 0.25) is 0 Å². The SMILES string of the molecule is Fc1cccc(-c2noc(C3CCCN(Cn4nc(-c5cccnc5)n(C5CC5)c4=S)C3)n2)c1. The Bertz CT molecular complexity index is 1360. The number of likely N-dealkylation sites (tertiary alicyclic amines) is 1. The van der Waals surface area contributed by atoms with Crippen molar-refractivity contribution >= 4 is 12.2 Å². The molecule has 1 aliphatic heterocycles. The molecule has 3 aromatic heterocycles. The highest BCUT2D eigenvalue weighted by atomic mass is 32.1. The predicted molar refractivity (Wildman–Crippen MR) is 126 cm³/mol. The van der Waals surface area contributed by atoms with Gasteiger partial charge >= 0.3 is 0 Å². The highest BCUT2D eigenvalue weighted by Crippen LogP contribution is 2.38. The van der Waals surface area contributed by atoms with Crippen LogP contribution in [-0.2, 0) is 6.67 Å². The lowest BCUT2D eigenvalue weighted by atomic mass is 9.98. The van der Waals surface area contributed by atoms with Crippen molar-refractivity contribution in [3.63, 3.8) is 0 Å². The van der Waals surface area contributed by atoms with Gasteiger partial charge in [-0.15, -0.1) is 0 Å². The summed E-state index contributed by atoms with van der Waals surface area (Å²) in [7, 11) is 0. The monoisotopic (exact) mass is 477 g/mol. The summed E-state index contributed by atoms with van der Waals surface area (Å²) in [6, 6.07) is 10.6. The van der Waals surface area contributed by atoms with E-state index in [1.165, 1.54) is 12.1 Å². The maximum absolute atomic E-state index is 13.6. The number of halogens is 1. The van der Waals surface area contributed by atoms with Crippen LogP contribution in [0.15, 0.2) is 53.3 Å². The molecule has 0 radical (unpaired) electrons. The van der Waals surface area contributed by atoms with Gasteiger partial charge in [0.15, 0.2) is 10.6 Å². The average molecular weight is 478 g/mol. The van der Waals surface area contributed by atoms with E-state index in [1.54, 1.807) is 18.3 Å². The summed E-state index contributed by atoms with van der Waals surface area (Å²) in [5, 5.41) is 8.98. The van der Waals surface area contributed by atoms with Crippen LogP contribution >= 0.6 is 12.2 Å². The fraction of sp³-hybridized carbons (Fsp3) is 0.375. The minimum absolute atomic E-state index is 0.112. The molecule has 8 nitrogen and oxygen atoms in total. The molecule has 0 spiro atoms. The Morgan fingerprint density at radius 3 is 2.79 bits per heavy atom. The summed E-state index contributed by atoms with van der Waals surface area (Å²) in [6.45, 7) is 2.32. The molecule has 10 heteroatoms. The molecule has 1 unspecified atom stereocenters. The van der Waals surface area contributed by atoms with Crippen LogP contribution in [0.5, 0.6) is 0 Å². The van der Waals surface area contributed by atoms with Crippen LogP contribution in [-0.4, -0.2) is 47.5 Å². The Hall–Kier alpha value is -3.24. The number of benzene rings is 1.